The summed E-state index contributed by atoms with van der Waals surface area (Å²) in [5, 5.41) is 7.49. The fourth-order valence-electron chi connectivity index (χ4n) is 1.38. The lowest BCUT2D eigenvalue weighted by Crippen LogP contribution is -1.92. The normalized spacial score (nSPS) is 11.2. The first-order valence-electron chi connectivity index (χ1n) is 4.77. The van der Waals surface area contributed by atoms with E-state index in [-0.39, 0.29) is 0 Å². The molecule has 0 spiro atoms. The average molecular weight is 178 g/mol. The number of hydrogen-bond acceptors (Lipinski definition) is 2. The second-order valence-corrected chi connectivity index (χ2v) is 3.18. The Labute approximate surface area is 77.0 Å². The van der Waals surface area contributed by atoms with Crippen LogP contribution in [0.5, 0.6) is 0 Å². The van der Waals surface area contributed by atoms with Crippen LogP contribution in [0.15, 0.2) is 6.07 Å². The van der Waals surface area contributed by atoms with Crippen LogP contribution in [-0.4, -0.2) is 19.8 Å². The third-order valence-corrected chi connectivity index (χ3v) is 2.08. The topological polar surface area (TPSA) is 46.0 Å². The van der Waals surface area contributed by atoms with Crippen molar-refractivity contribution in [2.75, 3.05) is 0 Å². The van der Waals surface area contributed by atoms with Crippen molar-refractivity contribution in [1.29, 1.82) is 0 Å². The van der Waals surface area contributed by atoms with Crippen LogP contribution in [0.1, 0.15) is 31.8 Å². The van der Waals surface area contributed by atoms with Gasteiger partial charge in [0.15, 0.2) is 11.5 Å². The maximum atomic E-state index is 4.39. The molecule has 0 bridgehead atoms. The Morgan fingerprint density at radius 2 is 2.31 bits per heavy atom. The molecule has 13 heavy (non-hydrogen) atoms. The van der Waals surface area contributed by atoms with E-state index in [9.17, 15) is 0 Å². The lowest BCUT2D eigenvalue weighted by molar-refractivity contribution is 0.749. The molecule has 0 aromatic carbocycles. The Bertz CT molecular complexity index is 367. The number of aryl methyl sites for hydroxylation is 2. The molecule has 0 unspecified atom stereocenters. The van der Waals surface area contributed by atoms with E-state index in [1.54, 1.807) is 4.63 Å². The van der Waals surface area contributed by atoms with Crippen LogP contribution in [0.3, 0.4) is 0 Å². The van der Waals surface area contributed by atoms with Gasteiger partial charge < -0.3 is 0 Å². The van der Waals surface area contributed by atoms with Gasteiger partial charge in [-0.2, -0.15) is 4.63 Å². The Morgan fingerprint density at radius 3 is 2.92 bits per heavy atom. The Balaban J connectivity index is 2.36. The van der Waals surface area contributed by atoms with E-state index in [2.05, 4.69) is 29.0 Å². The van der Waals surface area contributed by atoms with Crippen molar-refractivity contribution in [3.63, 3.8) is 0 Å². The Morgan fingerprint density at radius 1 is 1.46 bits per heavy atom. The summed E-state index contributed by atoms with van der Waals surface area (Å²) in [7, 11) is 0. The van der Waals surface area contributed by atoms with Crippen molar-refractivity contribution in [2.45, 2.75) is 33.1 Å². The Hall–Kier alpha value is -1.32. The minimum atomic E-state index is 0.927. The molecule has 2 rings (SSSR count). The number of aromatic amines is 1. The van der Waals surface area contributed by atoms with Gasteiger partial charge in [-0.15, -0.1) is 5.10 Å². The van der Waals surface area contributed by atoms with Gasteiger partial charge in [0.2, 0.25) is 0 Å². The summed E-state index contributed by atoms with van der Waals surface area (Å²) in [6.07, 6.45) is 3.04. The number of rotatable bonds is 3. The predicted octanol–water partition coefficient (Wildman–Crippen LogP) is 1.57. The zero-order chi connectivity index (χ0) is 9.26. The highest BCUT2D eigenvalue weighted by Crippen LogP contribution is 2.05. The first kappa shape index (κ1) is 8.29. The van der Waals surface area contributed by atoms with Crippen molar-refractivity contribution in [3.05, 3.63) is 17.6 Å². The molecule has 1 N–H and O–H groups in total. The van der Waals surface area contributed by atoms with E-state index in [0.717, 1.165) is 30.7 Å². The number of hydrogen-bond donors (Lipinski definition) is 1. The summed E-state index contributed by atoms with van der Waals surface area (Å²) in [4.78, 5) is 4.39. The third kappa shape index (κ3) is 1.43. The largest absolute Gasteiger partial charge is 0.280 e. The number of fused-ring (bicyclic) bond motifs is 1. The van der Waals surface area contributed by atoms with Crippen LogP contribution in [0.2, 0.25) is 0 Å². The van der Waals surface area contributed by atoms with Gasteiger partial charge in [-0.3, -0.25) is 5.10 Å². The van der Waals surface area contributed by atoms with E-state index >= 15 is 0 Å². The molecule has 4 heteroatoms. The molecule has 0 fully saturated rings. The van der Waals surface area contributed by atoms with Crippen LogP contribution < -0.4 is 0 Å². The fraction of sp³-hybridized carbons (Fsp3) is 0.556. The highest BCUT2D eigenvalue weighted by molar-refractivity contribution is 5.38. The molecular formula is C9H14N4. The summed E-state index contributed by atoms with van der Waals surface area (Å²) in [5.74, 6) is 0.927. The first-order valence-corrected chi connectivity index (χ1v) is 4.77. The van der Waals surface area contributed by atoms with E-state index in [1.807, 2.05) is 6.07 Å². The first-order chi connectivity index (χ1) is 6.33. The zero-order valence-electron chi connectivity index (χ0n) is 8.04. The maximum absolute atomic E-state index is 4.39. The standard InChI is InChI=1S/C9H14N4/c1-3-5-8-10-9-6-7(4-2)11-13(9)12-8/h6,11H,3-5H2,1-2H3. The smallest absolute Gasteiger partial charge is 0.175 e. The monoisotopic (exact) mass is 178 g/mol. The summed E-state index contributed by atoms with van der Waals surface area (Å²) >= 11 is 0. The SMILES string of the molecule is CCCc1nc2cc(CC)[nH]n2n1. The van der Waals surface area contributed by atoms with Crippen molar-refractivity contribution in [3.8, 4) is 0 Å². The van der Waals surface area contributed by atoms with Crippen LogP contribution in [0.25, 0.3) is 5.65 Å². The van der Waals surface area contributed by atoms with E-state index in [0.29, 0.717) is 0 Å². The molecule has 4 nitrogen and oxygen atoms in total. The van der Waals surface area contributed by atoms with E-state index < -0.39 is 0 Å². The molecule has 2 aromatic heterocycles. The summed E-state index contributed by atoms with van der Waals surface area (Å²) in [6, 6.07) is 2.05. The van der Waals surface area contributed by atoms with Gasteiger partial charge in [0, 0.05) is 18.2 Å². The highest BCUT2D eigenvalue weighted by Gasteiger charge is 2.04. The van der Waals surface area contributed by atoms with Gasteiger partial charge in [0.1, 0.15) is 0 Å². The van der Waals surface area contributed by atoms with Gasteiger partial charge >= 0.3 is 0 Å². The molecule has 0 saturated heterocycles. The molecule has 2 aromatic rings. The van der Waals surface area contributed by atoms with Crippen molar-refractivity contribution < 1.29 is 0 Å². The second kappa shape index (κ2) is 3.20. The number of H-pyrrole nitrogens is 1. The fourth-order valence-corrected chi connectivity index (χ4v) is 1.38. The number of nitrogens with zero attached hydrogens (tertiary/aromatic N) is 3. The van der Waals surface area contributed by atoms with Gasteiger partial charge in [-0.25, -0.2) is 4.98 Å². The highest BCUT2D eigenvalue weighted by atomic mass is 15.5. The maximum Gasteiger partial charge on any atom is 0.175 e. The van der Waals surface area contributed by atoms with Crippen LogP contribution in [0.4, 0.5) is 0 Å². The average Bonchev–Trinajstić information content (AvgIpc) is 2.61. The number of aromatic nitrogens is 4. The molecule has 70 valence electrons. The van der Waals surface area contributed by atoms with Gasteiger partial charge in [0.05, 0.1) is 0 Å². The minimum absolute atomic E-state index is 0.927. The summed E-state index contributed by atoms with van der Waals surface area (Å²) < 4.78 is 1.75. The quantitative estimate of drug-likeness (QED) is 0.775. The minimum Gasteiger partial charge on any atom is -0.280 e. The van der Waals surface area contributed by atoms with Crippen LogP contribution in [-0.2, 0) is 12.8 Å². The van der Waals surface area contributed by atoms with E-state index in [4.69, 9.17) is 0 Å². The van der Waals surface area contributed by atoms with Gasteiger partial charge in [-0.1, -0.05) is 13.8 Å². The molecule has 0 aliphatic rings. The molecular weight excluding hydrogens is 164 g/mol. The summed E-state index contributed by atoms with van der Waals surface area (Å²) in [6.45, 7) is 4.24. The zero-order valence-corrected chi connectivity index (χ0v) is 8.04. The van der Waals surface area contributed by atoms with Crippen molar-refractivity contribution in [2.24, 2.45) is 0 Å². The van der Waals surface area contributed by atoms with Crippen LogP contribution in [0, 0.1) is 0 Å². The molecule has 0 amide bonds. The lowest BCUT2D eigenvalue weighted by Gasteiger charge is -1.87. The van der Waals surface area contributed by atoms with Crippen LogP contribution >= 0.6 is 0 Å². The summed E-state index contributed by atoms with van der Waals surface area (Å²) in [5.41, 5.74) is 2.11. The molecule has 0 aliphatic heterocycles. The molecule has 0 atom stereocenters. The molecule has 0 aliphatic carbocycles. The Kier molecular flexibility index (Phi) is 2.04. The molecule has 2 heterocycles. The van der Waals surface area contributed by atoms with Gasteiger partial charge in [0.25, 0.3) is 0 Å². The van der Waals surface area contributed by atoms with Gasteiger partial charge in [-0.05, 0) is 12.8 Å². The van der Waals surface area contributed by atoms with Crippen molar-refractivity contribution >= 4 is 5.65 Å². The lowest BCUT2D eigenvalue weighted by atomic mass is 10.3. The number of nitrogens with one attached hydrogen (secondary N) is 1. The second-order valence-electron chi connectivity index (χ2n) is 3.18. The predicted molar refractivity (Wildman–Crippen MR) is 50.7 cm³/mol. The molecule has 0 radical (unpaired) electrons. The van der Waals surface area contributed by atoms with Crippen molar-refractivity contribution in [1.82, 2.24) is 19.8 Å². The van der Waals surface area contributed by atoms with E-state index in [1.165, 1.54) is 5.69 Å². The third-order valence-electron chi connectivity index (χ3n) is 2.08. The molecule has 0 saturated carbocycles.